The van der Waals surface area contributed by atoms with E-state index in [0.717, 1.165) is 31.5 Å². The van der Waals surface area contributed by atoms with Gasteiger partial charge in [-0.2, -0.15) is 0 Å². The number of halogens is 1. The Hall–Kier alpha value is -1.42. The van der Waals surface area contributed by atoms with Crippen molar-refractivity contribution in [2.45, 2.75) is 32.2 Å². The second-order valence-electron chi connectivity index (χ2n) is 5.29. The third-order valence-electron chi connectivity index (χ3n) is 3.52. The average molecular weight is 264 g/mol. The fourth-order valence-electron chi connectivity index (χ4n) is 2.43. The summed E-state index contributed by atoms with van der Waals surface area (Å²) in [6.07, 6.45) is 2.71. The lowest BCUT2D eigenvalue weighted by atomic mass is 9.99. The topological polar surface area (TPSA) is 41.1 Å². The maximum absolute atomic E-state index is 13.1. The predicted molar refractivity (Wildman–Crippen MR) is 73.3 cm³/mol. The Bertz CT molecular complexity index is 430. The number of hydrogen-bond donors (Lipinski definition) is 2. The molecule has 0 aromatic heterocycles. The highest BCUT2D eigenvalue weighted by Crippen LogP contribution is 2.11. The molecule has 0 spiro atoms. The summed E-state index contributed by atoms with van der Waals surface area (Å²) < 4.78 is 13.1. The molecule has 0 radical (unpaired) electrons. The van der Waals surface area contributed by atoms with Crippen LogP contribution in [0.5, 0.6) is 0 Å². The Morgan fingerprint density at radius 3 is 3.11 bits per heavy atom. The van der Waals surface area contributed by atoms with Crippen LogP contribution in [0.15, 0.2) is 24.3 Å². The fraction of sp³-hybridized carbons (Fsp3) is 0.533. The molecule has 1 aliphatic rings. The van der Waals surface area contributed by atoms with Gasteiger partial charge in [-0.1, -0.05) is 19.1 Å². The van der Waals surface area contributed by atoms with E-state index >= 15 is 0 Å². The smallest absolute Gasteiger partial charge is 0.223 e. The lowest BCUT2D eigenvalue weighted by molar-refractivity contribution is -0.125. The van der Waals surface area contributed by atoms with Crippen molar-refractivity contribution in [1.82, 2.24) is 10.6 Å². The molecule has 0 saturated carbocycles. The van der Waals surface area contributed by atoms with Crippen molar-refractivity contribution in [3.8, 4) is 0 Å². The first-order valence-corrected chi connectivity index (χ1v) is 6.90. The zero-order valence-electron chi connectivity index (χ0n) is 11.3. The molecule has 0 aliphatic carbocycles. The van der Waals surface area contributed by atoms with Crippen molar-refractivity contribution < 1.29 is 9.18 Å². The van der Waals surface area contributed by atoms with Crippen LogP contribution in [-0.4, -0.2) is 25.0 Å². The third-order valence-corrected chi connectivity index (χ3v) is 3.52. The first kappa shape index (κ1) is 14.0. The minimum Gasteiger partial charge on any atom is -0.352 e. The summed E-state index contributed by atoms with van der Waals surface area (Å²) in [6, 6.07) is 6.68. The molecule has 19 heavy (non-hydrogen) atoms. The van der Waals surface area contributed by atoms with Gasteiger partial charge < -0.3 is 10.6 Å². The van der Waals surface area contributed by atoms with E-state index in [9.17, 15) is 9.18 Å². The van der Waals surface area contributed by atoms with Gasteiger partial charge in [-0.25, -0.2) is 4.39 Å². The number of piperidine rings is 1. The molecular formula is C15H21FN2O. The zero-order valence-corrected chi connectivity index (χ0v) is 11.3. The molecule has 1 unspecified atom stereocenters. The van der Waals surface area contributed by atoms with Gasteiger partial charge in [0.05, 0.1) is 0 Å². The quantitative estimate of drug-likeness (QED) is 0.871. The highest BCUT2D eigenvalue weighted by atomic mass is 19.1. The summed E-state index contributed by atoms with van der Waals surface area (Å²) in [5.41, 5.74) is 0.865. The highest BCUT2D eigenvalue weighted by molar-refractivity contribution is 5.78. The van der Waals surface area contributed by atoms with Gasteiger partial charge >= 0.3 is 0 Å². The number of nitrogens with one attached hydrogen (secondary N) is 2. The Balaban J connectivity index is 1.84. The van der Waals surface area contributed by atoms with Crippen molar-refractivity contribution in [2.75, 3.05) is 13.1 Å². The Labute approximate surface area is 113 Å². The number of rotatable bonds is 4. The van der Waals surface area contributed by atoms with Gasteiger partial charge in [-0.05, 0) is 43.5 Å². The molecule has 1 fully saturated rings. The molecule has 2 rings (SSSR count). The standard InChI is InChI=1S/C15H21FN2O/c1-11(8-12-4-2-5-13(16)9-12)15(19)18-14-6-3-7-17-10-14/h2,4-5,9,11,14,17H,3,6-8,10H2,1H3,(H,18,19)/t11?,14-/m0/s1. The summed E-state index contributed by atoms with van der Waals surface area (Å²) in [6.45, 7) is 3.76. The number of carbonyl (C=O) groups excluding carboxylic acids is 1. The van der Waals surface area contributed by atoms with Crippen LogP contribution in [0.25, 0.3) is 0 Å². The van der Waals surface area contributed by atoms with Crippen LogP contribution in [0.3, 0.4) is 0 Å². The van der Waals surface area contributed by atoms with Crippen LogP contribution in [0.1, 0.15) is 25.3 Å². The van der Waals surface area contributed by atoms with E-state index in [0.29, 0.717) is 6.42 Å². The molecule has 1 heterocycles. The summed E-state index contributed by atoms with van der Waals surface area (Å²) in [4.78, 5) is 12.1. The number of carbonyl (C=O) groups is 1. The maximum atomic E-state index is 13.1. The van der Waals surface area contributed by atoms with Gasteiger partial charge in [0.2, 0.25) is 5.91 Å². The molecule has 1 saturated heterocycles. The largest absolute Gasteiger partial charge is 0.352 e. The Morgan fingerprint density at radius 2 is 2.42 bits per heavy atom. The maximum Gasteiger partial charge on any atom is 0.223 e. The highest BCUT2D eigenvalue weighted by Gasteiger charge is 2.19. The van der Waals surface area contributed by atoms with Crippen molar-refractivity contribution >= 4 is 5.91 Å². The first-order valence-electron chi connectivity index (χ1n) is 6.90. The SMILES string of the molecule is CC(Cc1cccc(F)c1)C(=O)N[C@H]1CCCNC1. The molecule has 2 atom stereocenters. The molecule has 0 bridgehead atoms. The monoisotopic (exact) mass is 264 g/mol. The normalized spacial score (nSPS) is 20.8. The van der Waals surface area contributed by atoms with Crippen molar-refractivity contribution in [2.24, 2.45) is 5.92 Å². The van der Waals surface area contributed by atoms with Crippen LogP contribution in [0.2, 0.25) is 0 Å². The van der Waals surface area contributed by atoms with Crippen LogP contribution in [0.4, 0.5) is 4.39 Å². The van der Waals surface area contributed by atoms with Crippen molar-refractivity contribution in [3.63, 3.8) is 0 Å². The molecular weight excluding hydrogens is 243 g/mol. The fourth-order valence-corrected chi connectivity index (χ4v) is 2.43. The van der Waals surface area contributed by atoms with Crippen LogP contribution in [0, 0.1) is 11.7 Å². The predicted octanol–water partition coefficient (Wildman–Crippen LogP) is 1.87. The second-order valence-corrected chi connectivity index (χ2v) is 5.29. The van der Waals surface area contributed by atoms with Crippen LogP contribution in [-0.2, 0) is 11.2 Å². The van der Waals surface area contributed by atoms with Gasteiger partial charge in [0, 0.05) is 18.5 Å². The molecule has 1 aliphatic heterocycles. The number of amides is 1. The molecule has 3 nitrogen and oxygen atoms in total. The number of benzene rings is 1. The van der Waals surface area contributed by atoms with E-state index in [1.807, 2.05) is 13.0 Å². The van der Waals surface area contributed by atoms with Gasteiger partial charge in [0.25, 0.3) is 0 Å². The molecule has 1 amide bonds. The molecule has 1 aromatic rings. The first-order chi connectivity index (χ1) is 9.15. The summed E-state index contributed by atoms with van der Waals surface area (Å²) >= 11 is 0. The van der Waals surface area contributed by atoms with E-state index in [1.165, 1.54) is 12.1 Å². The molecule has 1 aromatic carbocycles. The minimum absolute atomic E-state index is 0.0537. The minimum atomic E-state index is -0.249. The van der Waals surface area contributed by atoms with Crippen LogP contribution < -0.4 is 10.6 Å². The van der Waals surface area contributed by atoms with Crippen molar-refractivity contribution in [1.29, 1.82) is 0 Å². The lowest BCUT2D eigenvalue weighted by Gasteiger charge is -2.25. The molecule has 4 heteroatoms. The van der Waals surface area contributed by atoms with Crippen molar-refractivity contribution in [3.05, 3.63) is 35.6 Å². The van der Waals surface area contributed by atoms with Gasteiger partial charge in [-0.15, -0.1) is 0 Å². The summed E-state index contributed by atoms with van der Waals surface area (Å²) in [7, 11) is 0. The van der Waals surface area contributed by atoms with E-state index in [2.05, 4.69) is 10.6 Å². The molecule has 2 N–H and O–H groups in total. The van der Waals surface area contributed by atoms with E-state index in [-0.39, 0.29) is 23.7 Å². The van der Waals surface area contributed by atoms with Gasteiger partial charge in [0.15, 0.2) is 0 Å². The Morgan fingerprint density at radius 1 is 1.58 bits per heavy atom. The molecule has 104 valence electrons. The lowest BCUT2D eigenvalue weighted by Crippen LogP contribution is -2.47. The Kier molecular flexibility index (Phi) is 4.91. The summed E-state index contributed by atoms with van der Waals surface area (Å²) in [5, 5.41) is 6.33. The van der Waals surface area contributed by atoms with Crippen LogP contribution >= 0.6 is 0 Å². The zero-order chi connectivity index (χ0) is 13.7. The second kappa shape index (κ2) is 6.66. The third kappa shape index (κ3) is 4.31. The van der Waals surface area contributed by atoms with E-state index in [4.69, 9.17) is 0 Å². The van der Waals surface area contributed by atoms with Gasteiger partial charge in [0.1, 0.15) is 5.82 Å². The van der Waals surface area contributed by atoms with E-state index in [1.54, 1.807) is 6.07 Å². The van der Waals surface area contributed by atoms with E-state index < -0.39 is 0 Å². The average Bonchev–Trinajstić information content (AvgIpc) is 2.40. The van der Waals surface area contributed by atoms with Gasteiger partial charge in [-0.3, -0.25) is 4.79 Å². The number of hydrogen-bond acceptors (Lipinski definition) is 2. The summed E-state index contributed by atoms with van der Waals surface area (Å²) in [5.74, 6) is -0.330.